The standard InChI is InChI=1S/C13H13BrN2O3/c1-16-11(4-5-17)15-12(13(16)14)8-2-3-9-10(6-8)19-7-18-9/h2-3,6,17H,4-5,7H2,1H3. The second-order valence-corrected chi connectivity index (χ2v) is 5.02. The number of hydrogen-bond donors (Lipinski definition) is 1. The number of aromatic nitrogens is 2. The van der Waals surface area contributed by atoms with E-state index in [0.717, 1.165) is 33.2 Å². The van der Waals surface area contributed by atoms with Gasteiger partial charge in [0.25, 0.3) is 0 Å². The fourth-order valence-electron chi connectivity index (χ4n) is 2.07. The first-order valence-corrected chi connectivity index (χ1v) is 6.72. The molecule has 1 N–H and O–H groups in total. The third kappa shape index (κ3) is 2.11. The zero-order chi connectivity index (χ0) is 13.4. The van der Waals surface area contributed by atoms with Gasteiger partial charge in [-0.1, -0.05) is 0 Å². The van der Waals surface area contributed by atoms with Crippen molar-refractivity contribution in [1.82, 2.24) is 9.55 Å². The molecular formula is C13H13BrN2O3. The lowest BCUT2D eigenvalue weighted by atomic mass is 10.1. The molecule has 0 amide bonds. The van der Waals surface area contributed by atoms with Crippen molar-refractivity contribution in [2.24, 2.45) is 7.05 Å². The summed E-state index contributed by atoms with van der Waals surface area (Å²) in [5.41, 5.74) is 1.79. The molecule has 2 aromatic rings. The quantitative estimate of drug-likeness (QED) is 0.939. The van der Waals surface area contributed by atoms with E-state index in [4.69, 9.17) is 14.6 Å². The SMILES string of the molecule is Cn1c(CCO)nc(-c2ccc3c(c2)OCO3)c1Br. The van der Waals surface area contributed by atoms with Crippen molar-refractivity contribution in [3.05, 3.63) is 28.6 Å². The second kappa shape index (κ2) is 4.86. The van der Waals surface area contributed by atoms with E-state index < -0.39 is 0 Å². The van der Waals surface area contributed by atoms with Crippen LogP contribution in [-0.4, -0.2) is 28.1 Å². The Hall–Kier alpha value is -1.53. The summed E-state index contributed by atoms with van der Waals surface area (Å²) in [7, 11) is 1.92. The van der Waals surface area contributed by atoms with Gasteiger partial charge in [0.2, 0.25) is 6.79 Å². The van der Waals surface area contributed by atoms with E-state index in [1.165, 1.54) is 0 Å². The summed E-state index contributed by atoms with van der Waals surface area (Å²) < 4.78 is 13.5. The molecule has 1 aliphatic heterocycles. The highest BCUT2D eigenvalue weighted by atomic mass is 79.9. The van der Waals surface area contributed by atoms with Gasteiger partial charge in [-0.2, -0.15) is 0 Å². The number of ether oxygens (including phenoxy) is 2. The van der Waals surface area contributed by atoms with Crippen LogP contribution in [0.3, 0.4) is 0 Å². The predicted octanol–water partition coefficient (Wildman–Crippen LogP) is 2.11. The highest BCUT2D eigenvalue weighted by molar-refractivity contribution is 9.10. The number of fused-ring (bicyclic) bond motifs is 1. The van der Waals surface area contributed by atoms with E-state index in [1.54, 1.807) is 0 Å². The summed E-state index contributed by atoms with van der Waals surface area (Å²) >= 11 is 3.54. The summed E-state index contributed by atoms with van der Waals surface area (Å²) in [4.78, 5) is 4.55. The molecule has 1 aromatic carbocycles. The molecule has 0 bridgehead atoms. The van der Waals surface area contributed by atoms with Crippen LogP contribution >= 0.6 is 15.9 Å². The third-order valence-corrected chi connectivity index (χ3v) is 4.01. The average Bonchev–Trinajstić information content (AvgIpc) is 2.98. The number of nitrogens with zero attached hydrogens (tertiary/aromatic N) is 2. The van der Waals surface area contributed by atoms with Gasteiger partial charge in [-0.3, -0.25) is 0 Å². The van der Waals surface area contributed by atoms with Crippen molar-refractivity contribution in [2.45, 2.75) is 6.42 Å². The van der Waals surface area contributed by atoms with Crippen molar-refractivity contribution in [3.8, 4) is 22.8 Å². The fraction of sp³-hybridized carbons (Fsp3) is 0.308. The number of hydrogen-bond acceptors (Lipinski definition) is 4. The molecule has 6 heteroatoms. The molecule has 0 spiro atoms. The van der Waals surface area contributed by atoms with Crippen LogP contribution in [0.1, 0.15) is 5.82 Å². The smallest absolute Gasteiger partial charge is 0.231 e. The number of halogens is 1. The first kappa shape index (κ1) is 12.5. The molecule has 1 aliphatic rings. The molecule has 0 aliphatic carbocycles. The van der Waals surface area contributed by atoms with Crippen molar-refractivity contribution in [3.63, 3.8) is 0 Å². The first-order valence-electron chi connectivity index (χ1n) is 5.92. The molecular weight excluding hydrogens is 312 g/mol. The predicted molar refractivity (Wildman–Crippen MR) is 73.3 cm³/mol. The zero-order valence-electron chi connectivity index (χ0n) is 10.4. The van der Waals surface area contributed by atoms with Crippen LogP contribution in [0.4, 0.5) is 0 Å². The lowest BCUT2D eigenvalue weighted by Gasteiger charge is -2.01. The van der Waals surface area contributed by atoms with Crippen molar-refractivity contribution < 1.29 is 14.6 Å². The fourth-order valence-corrected chi connectivity index (χ4v) is 2.60. The van der Waals surface area contributed by atoms with E-state index in [2.05, 4.69) is 20.9 Å². The first-order chi connectivity index (χ1) is 9.20. The van der Waals surface area contributed by atoms with Gasteiger partial charge in [0, 0.05) is 19.0 Å². The van der Waals surface area contributed by atoms with Gasteiger partial charge >= 0.3 is 0 Å². The van der Waals surface area contributed by atoms with Crippen molar-refractivity contribution >= 4 is 15.9 Å². The van der Waals surface area contributed by atoms with Crippen LogP contribution in [0.15, 0.2) is 22.8 Å². The maximum atomic E-state index is 9.04. The molecule has 3 rings (SSSR count). The van der Waals surface area contributed by atoms with Crippen LogP contribution in [0, 0.1) is 0 Å². The van der Waals surface area contributed by atoms with Gasteiger partial charge in [0.05, 0.1) is 6.61 Å². The lowest BCUT2D eigenvalue weighted by Crippen LogP contribution is -2.00. The van der Waals surface area contributed by atoms with Gasteiger partial charge in [-0.05, 0) is 34.1 Å². The maximum absolute atomic E-state index is 9.04. The minimum absolute atomic E-state index is 0.0812. The van der Waals surface area contributed by atoms with E-state index in [1.807, 2.05) is 29.8 Å². The number of benzene rings is 1. The lowest BCUT2D eigenvalue weighted by molar-refractivity contribution is 0.174. The summed E-state index contributed by atoms with van der Waals surface area (Å²) in [6.07, 6.45) is 0.527. The molecule has 100 valence electrons. The van der Waals surface area contributed by atoms with Gasteiger partial charge in [-0.15, -0.1) is 0 Å². The van der Waals surface area contributed by atoms with E-state index in [0.29, 0.717) is 6.42 Å². The normalized spacial score (nSPS) is 13.0. The van der Waals surface area contributed by atoms with Crippen LogP contribution in [0.5, 0.6) is 11.5 Å². The van der Waals surface area contributed by atoms with Gasteiger partial charge in [0.15, 0.2) is 11.5 Å². The summed E-state index contributed by atoms with van der Waals surface area (Å²) in [6, 6.07) is 5.74. The van der Waals surface area contributed by atoms with E-state index in [9.17, 15) is 0 Å². The van der Waals surface area contributed by atoms with E-state index >= 15 is 0 Å². The summed E-state index contributed by atoms with van der Waals surface area (Å²) in [5.74, 6) is 2.33. The molecule has 5 nitrogen and oxygen atoms in total. The van der Waals surface area contributed by atoms with Crippen LogP contribution < -0.4 is 9.47 Å². The molecule has 2 heterocycles. The van der Waals surface area contributed by atoms with Gasteiger partial charge in [0.1, 0.15) is 16.1 Å². The Balaban J connectivity index is 2.04. The Labute approximate surface area is 118 Å². The average molecular weight is 325 g/mol. The molecule has 1 aromatic heterocycles. The molecule has 0 fully saturated rings. The topological polar surface area (TPSA) is 56.5 Å². The van der Waals surface area contributed by atoms with Gasteiger partial charge < -0.3 is 19.1 Å². The van der Waals surface area contributed by atoms with Crippen molar-refractivity contribution in [2.75, 3.05) is 13.4 Å². The Morgan fingerprint density at radius 1 is 1.37 bits per heavy atom. The molecule has 0 radical (unpaired) electrons. The molecule has 19 heavy (non-hydrogen) atoms. The maximum Gasteiger partial charge on any atom is 0.231 e. The summed E-state index contributed by atoms with van der Waals surface area (Å²) in [5, 5.41) is 9.04. The third-order valence-electron chi connectivity index (χ3n) is 3.10. The number of aliphatic hydroxyl groups is 1. The second-order valence-electron chi connectivity index (χ2n) is 4.27. The number of imidazole rings is 1. The highest BCUT2D eigenvalue weighted by Gasteiger charge is 2.18. The highest BCUT2D eigenvalue weighted by Crippen LogP contribution is 2.37. The van der Waals surface area contributed by atoms with E-state index in [-0.39, 0.29) is 13.4 Å². The molecule has 0 atom stereocenters. The Kier molecular flexibility index (Phi) is 3.20. The monoisotopic (exact) mass is 324 g/mol. The largest absolute Gasteiger partial charge is 0.454 e. The van der Waals surface area contributed by atoms with Crippen LogP contribution in [0.25, 0.3) is 11.3 Å². The summed E-state index contributed by atoms with van der Waals surface area (Å²) in [6.45, 7) is 0.343. The Morgan fingerprint density at radius 3 is 2.95 bits per heavy atom. The van der Waals surface area contributed by atoms with Crippen LogP contribution in [-0.2, 0) is 13.5 Å². The Morgan fingerprint density at radius 2 is 2.16 bits per heavy atom. The van der Waals surface area contributed by atoms with Crippen LogP contribution in [0.2, 0.25) is 0 Å². The number of aliphatic hydroxyl groups excluding tert-OH is 1. The van der Waals surface area contributed by atoms with Crippen molar-refractivity contribution in [1.29, 1.82) is 0 Å². The Bertz CT molecular complexity index is 625. The molecule has 0 unspecified atom stereocenters. The van der Waals surface area contributed by atoms with Gasteiger partial charge in [-0.25, -0.2) is 4.98 Å². The minimum atomic E-state index is 0.0812. The zero-order valence-corrected chi connectivity index (χ0v) is 12.0. The molecule has 0 saturated heterocycles. The number of rotatable bonds is 3. The minimum Gasteiger partial charge on any atom is -0.454 e. The molecule has 0 saturated carbocycles.